The zero-order chi connectivity index (χ0) is 6.53. The summed E-state index contributed by atoms with van der Waals surface area (Å²) in [6.07, 6.45) is 1.24. The van der Waals surface area contributed by atoms with Gasteiger partial charge in [-0.15, -0.1) is 0 Å². The van der Waals surface area contributed by atoms with Crippen LogP contribution in [0.2, 0.25) is 0 Å². The molecule has 1 rings (SSSR count). The molecule has 0 saturated carbocycles. The van der Waals surface area contributed by atoms with E-state index >= 15 is 0 Å². The molecule has 9 heavy (non-hydrogen) atoms. The van der Waals surface area contributed by atoms with Crippen LogP contribution in [0.25, 0.3) is 0 Å². The fourth-order valence-electron chi connectivity index (χ4n) is 1.05. The smallest absolute Gasteiger partial charge is 0.267 e. The first-order chi connectivity index (χ1) is 4.43. The maximum Gasteiger partial charge on any atom is 0.267 e. The summed E-state index contributed by atoms with van der Waals surface area (Å²) >= 11 is 0. The molecule has 0 unspecified atom stereocenters. The number of nitrogens with one attached hydrogen (secondary N) is 2. The first kappa shape index (κ1) is 7.19. The third kappa shape index (κ3) is 2.43. The highest BCUT2D eigenvalue weighted by atomic mass is 15.1. The standard InChI is InChI=1S/C3H12B3N3/c1-2-3-9-5-7-4-8-6-9/h4-8H,2-3H2,1H3. The predicted octanol–water partition coefficient (Wildman–Crippen LogP) is -2.31. The summed E-state index contributed by atoms with van der Waals surface area (Å²) in [5.74, 6) is 0. The van der Waals surface area contributed by atoms with E-state index in [9.17, 15) is 0 Å². The van der Waals surface area contributed by atoms with Gasteiger partial charge < -0.3 is 15.0 Å². The van der Waals surface area contributed by atoms with Gasteiger partial charge in [-0.1, -0.05) is 6.92 Å². The number of nitrogens with zero attached hydrogens (tertiary/aromatic N) is 1. The van der Waals surface area contributed by atoms with E-state index in [0.717, 1.165) is 22.6 Å². The summed E-state index contributed by atoms with van der Waals surface area (Å²) in [5.41, 5.74) is 0. The van der Waals surface area contributed by atoms with Crippen LogP contribution in [0, 0.1) is 0 Å². The Morgan fingerprint density at radius 3 is 2.56 bits per heavy atom. The minimum atomic E-state index is 0.959. The highest BCUT2D eigenvalue weighted by molar-refractivity contribution is 6.65. The van der Waals surface area contributed by atoms with Gasteiger partial charge in [0.2, 0.25) is 0 Å². The van der Waals surface area contributed by atoms with Gasteiger partial charge in [-0.25, -0.2) is 0 Å². The fraction of sp³-hybridized carbons (Fsp3) is 1.00. The molecule has 0 aromatic heterocycles. The van der Waals surface area contributed by atoms with Crippen molar-refractivity contribution in [1.29, 1.82) is 0 Å². The molecule has 0 aromatic rings. The molecule has 0 amide bonds. The van der Waals surface area contributed by atoms with Gasteiger partial charge in [-0.3, -0.25) is 0 Å². The van der Waals surface area contributed by atoms with Crippen LogP contribution in [0.5, 0.6) is 0 Å². The van der Waals surface area contributed by atoms with Crippen LogP contribution in [-0.2, 0) is 0 Å². The lowest BCUT2D eigenvalue weighted by Crippen LogP contribution is -2.57. The van der Waals surface area contributed by atoms with Crippen molar-refractivity contribution in [2.45, 2.75) is 13.3 Å². The lowest BCUT2D eigenvalue weighted by atomic mass is 9.81. The average molecular weight is 123 g/mol. The highest BCUT2D eigenvalue weighted by Crippen LogP contribution is 1.83. The van der Waals surface area contributed by atoms with Crippen molar-refractivity contribution in [2.24, 2.45) is 0 Å². The molecule has 0 radical (unpaired) electrons. The van der Waals surface area contributed by atoms with Crippen LogP contribution in [0.1, 0.15) is 13.3 Å². The Bertz CT molecular complexity index is 71.9. The molecule has 1 saturated heterocycles. The van der Waals surface area contributed by atoms with Crippen molar-refractivity contribution < 1.29 is 0 Å². The number of hydrogen-bond donors (Lipinski definition) is 2. The Kier molecular flexibility index (Phi) is 3.18. The molecule has 0 atom stereocenters. The van der Waals surface area contributed by atoms with E-state index < -0.39 is 0 Å². The maximum atomic E-state index is 3.23. The first-order valence-corrected chi connectivity index (χ1v) is 3.57. The van der Waals surface area contributed by atoms with E-state index in [-0.39, 0.29) is 0 Å². The molecule has 48 valence electrons. The molecule has 3 nitrogen and oxygen atoms in total. The average Bonchev–Trinajstić information content (AvgIpc) is 1.91. The summed E-state index contributed by atoms with van der Waals surface area (Å²) in [6, 6.07) is 0. The Morgan fingerprint density at radius 2 is 2.00 bits per heavy atom. The van der Waals surface area contributed by atoms with E-state index in [2.05, 4.69) is 21.9 Å². The van der Waals surface area contributed by atoms with E-state index in [4.69, 9.17) is 0 Å². The largest absolute Gasteiger partial charge is 0.377 e. The topological polar surface area (TPSA) is 27.3 Å². The van der Waals surface area contributed by atoms with Gasteiger partial charge >= 0.3 is 0 Å². The summed E-state index contributed by atoms with van der Waals surface area (Å²) in [7, 11) is 3.04. The Hall–Kier alpha value is 0.0748. The Labute approximate surface area is 58.4 Å². The first-order valence-electron chi connectivity index (χ1n) is 3.57. The Morgan fingerprint density at radius 1 is 1.33 bits per heavy atom. The summed E-state index contributed by atoms with van der Waals surface area (Å²) in [4.78, 5) is 0. The lowest BCUT2D eigenvalue weighted by Gasteiger charge is -2.24. The second-order valence-electron chi connectivity index (χ2n) is 2.39. The molecule has 0 bridgehead atoms. The summed E-state index contributed by atoms with van der Waals surface area (Å²) < 4.78 is 2.35. The van der Waals surface area contributed by atoms with Crippen LogP contribution < -0.4 is 10.3 Å². The summed E-state index contributed by atoms with van der Waals surface area (Å²) in [6.45, 7) is 3.40. The predicted molar refractivity (Wildman–Crippen MR) is 44.7 cm³/mol. The second kappa shape index (κ2) is 3.98. The van der Waals surface area contributed by atoms with Crippen molar-refractivity contribution >= 4 is 22.6 Å². The molecule has 2 N–H and O–H groups in total. The zero-order valence-corrected chi connectivity index (χ0v) is 5.98. The molecule has 0 aromatic carbocycles. The van der Waals surface area contributed by atoms with E-state index in [1.807, 2.05) is 0 Å². The van der Waals surface area contributed by atoms with E-state index in [0.29, 0.717) is 0 Å². The van der Waals surface area contributed by atoms with Gasteiger partial charge in [-0.2, -0.15) is 0 Å². The van der Waals surface area contributed by atoms with Crippen LogP contribution in [-0.4, -0.2) is 33.9 Å². The molecule has 1 heterocycles. The van der Waals surface area contributed by atoms with Gasteiger partial charge in [0.25, 0.3) is 22.6 Å². The zero-order valence-electron chi connectivity index (χ0n) is 5.98. The van der Waals surface area contributed by atoms with Crippen LogP contribution in [0.4, 0.5) is 0 Å². The SMILES string of the molecule is CCCN1BNBNB1. The van der Waals surface area contributed by atoms with E-state index in [1.165, 1.54) is 13.0 Å². The minimum absolute atomic E-state index is 0.959. The molecule has 1 aliphatic rings. The van der Waals surface area contributed by atoms with Crippen molar-refractivity contribution in [3.63, 3.8) is 0 Å². The molecule has 0 spiro atoms. The van der Waals surface area contributed by atoms with Crippen LogP contribution >= 0.6 is 0 Å². The number of rotatable bonds is 2. The molecule has 6 heteroatoms. The lowest BCUT2D eigenvalue weighted by molar-refractivity contribution is 0.637. The Balaban J connectivity index is 2.08. The van der Waals surface area contributed by atoms with Crippen molar-refractivity contribution in [1.82, 2.24) is 15.0 Å². The van der Waals surface area contributed by atoms with Crippen molar-refractivity contribution in [3.05, 3.63) is 0 Å². The monoisotopic (exact) mass is 123 g/mol. The quantitative estimate of drug-likeness (QED) is 0.403. The molecule has 1 aliphatic heterocycles. The van der Waals surface area contributed by atoms with E-state index in [1.54, 1.807) is 0 Å². The molecular formula is C3H12B3N3. The van der Waals surface area contributed by atoms with Gasteiger partial charge in [0.15, 0.2) is 0 Å². The molecule has 1 fully saturated rings. The maximum absolute atomic E-state index is 3.23. The van der Waals surface area contributed by atoms with Crippen molar-refractivity contribution in [3.8, 4) is 0 Å². The summed E-state index contributed by atoms with van der Waals surface area (Å²) in [5, 5.41) is 6.47. The number of hydrogen-bond acceptors (Lipinski definition) is 3. The minimum Gasteiger partial charge on any atom is -0.377 e. The van der Waals surface area contributed by atoms with Gasteiger partial charge in [0.05, 0.1) is 0 Å². The van der Waals surface area contributed by atoms with Gasteiger partial charge in [0.1, 0.15) is 0 Å². The van der Waals surface area contributed by atoms with Gasteiger partial charge in [0, 0.05) is 0 Å². The third-order valence-corrected chi connectivity index (χ3v) is 1.46. The molecule has 0 aliphatic carbocycles. The van der Waals surface area contributed by atoms with Gasteiger partial charge in [-0.05, 0) is 13.0 Å². The fourth-order valence-corrected chi connectivity index (χ4v) is 1.05. The third-order valence-electron chi connectivity index (χ3n) is 1.46. The molecular weight excluding hydrogens is 110 g/mol. The van der Waals surface area contributed by atoms with Crippen LogP contribution in [0.3, 0.4) is 0 Å². The second-order valence-corrected chi connectivity index (χ2v) is 2.39. The normalized spacial score (nSPS) is 19.7. The van der Waals surface area contributed by atoms with Crippen LogP contribution in [0.15, 0.2) is 0 Å². The highest BCUT2D eigenvalue weighted by Gasteiger charge is 2.10. The van der Waals surface area contributed by atoms with Crippen molar-refractivity contribution in [2.75, 3.05) is 6.54 Å².